The average molecular weight is 582 g/mol. The zero-order chi connectivity index (χ0) is 29.6. The topological polar surface area (TPSA) is 112 Å². The van der Waals surface area contributed by atoms with Gasteiger partial charge in [-0.2, -0.15) is 20.0 Å². The van der Waals surface area contributed by atoms with E-state index in [2.05, 4.69) is 49.5 Å². The summed E-state index contributed by atoms with van der Waals surface area (Å²) in [5.41, 5.74) is 6.71. The van der Waals surface area contributed by atoms with Gasteiger partial charge < -0.3 is 4.90 Å². The summed E-state index contributed by atoms with van der Waals surface area (Å²) < 4.78 is 1.78. The Labute approximate surface area is 252 Å². The van der Waals surface area contributed by atoms with Crippen LogP contribution in [-0.2, 0) is 6.54 Å². The number of rotatable bonds is 6. The molecule has 1 fully saturated rings. The molecular formula is C33H27N9O2. The van der Waals surface area contributed by atoms with Crippen molar-refractivity contribution >= 4 is 45.5 Å². The quantitative estimate of drug-likeness (QED) is 0.288. The van der Waals surface area contributed by atoms with E-state index < -0.39 is 11.8 Å². The lowest BCUT2D eigenvalue weighted by atomic mass is 9.95. The summed E-state index contributed by atoms with van der Waals surface area (Å²) in [5.74, 6) is -0.0648. The number of aromatic nitrogens is 5. The lowest BCUT2D eigenvalue weighted by Gasteiger charge is -2.35. The molecule has 11 nitrogen and oxygen atoms in total. The summed E-state index contributed by atoms with van der Waals surface area (Å²) in [5, 5.41) is 2.48. The van der Waals surface area contributed by atoms with E-state index in [9.17, 15) is 9.59 Å². The van der Waals surface area contributed by atoms with Crippen LogP contribution >= 0.6 is 0 Å². The normalized spacial score (nSPS) is 15.4. The van der Waals surface area contributed by atoms with Gasteiger partial charge in [0.25, 0.3) is 11.8 Å². The van der Waals surface area contributed by atoms with Crippen molar-refractivity contribution < 1.29 is 9.59 Å². The number of carbonyl (C=O) groups is 2. The molecule has 1 saturated heterocycles. The average Bonchev–Trinajstić information content (AvgIpc) is 3.51. The molecule has 2 aromatic heterocycles. The minimum Gasteiger partial charge on any atom is -0.338 e. The molecule has 44 heavy (non-hydrogen) atoms. The second-order valence-corrected chi connectivity index (χ2v) is 10.9. The fourth-order valence-corrected chi connectivity index (χ4v) is 5.95. The van der Waals surface area contributed by atoms with E-state index in [-0.39, 0.29) is 5.95 Å². The van der Waals surface area contributed by atoms with E-state index in [1.807, 2.05) is 54.6 Å². The summed E-state index contributed by atoms with van der Waals surface area (Å²) in [6.45, 7) is 3.94. The molecule has 0 radical (unpaired) electrons. The van der Waals surface area contributed by atoms with Crippen molar-refractivity contribution in [2.75, 3.05) is 36.5 Å². The maximum atomic E-state index is 13.6. The van der Waals surface area contributed by atoms with Crippen LogP contribution < -0.4 is 10.3 Å². The fraction of sp³-hybridized carbons (Fsp3) is 0.152. The van der Waals surface area contributed by atoms with Crippen LogP contribution in [0.25, 0.3) is 27.8 Å². The Hall–Kier alpha value is -5.68. The molecule has 11 heteroatoms. The van der Waals surface area contributed by atoms with E-state index in [4.69, 9.17) is 9.97 Å². The van der Waals surface area contributed by atoms with Crippen molar-refractivity contribution in [2.45, 2.75) is 6.54 Å². The summed E-state index contributed by atoms with van der Waals surface area (Å²) >= 11 is 0. The molecule has 0 saturated carbocycles. The number of hydrazine groups is 1. The second kappa shape index (κ2) is 10.5. The summed E-state index contributed by atoms with van der Waals surface area (Å²) in [6, 6.07) is 29.0. The van der Waals surface area contributed by atoms with Crippen LogP contribution in [0.1, 0.15) is 26.3 Å². The second-order valence-electron chi connectivity index (χ2n) is 10.9. The molecular weight excluding hydrogens is 554 g/mol. The third-order valence-electron chi connectivity index (χ3n) is 8.17. The lowest BCUT2D eigenvalue weighted by Crippen LogP contribution is -2.47. The molecule has 8 rings (SSSR count). The highest BCUT2D eigenvalue weighted by atomic mass is 16.2. The first-order valence-corrected chi connectivity index (χ1v) is 14.5. The molecule has 0 atom stereocenters. The summed E-state index contributed by atoms with van der Waals surface area (Å²) in [4.78, 5) is 50.5. The van der Waals surface area contributed by atoms with Crippen LogP contribution in [0.15, 0.2) is 97.3 Å². The molecule has 0 unspecified atom stereocenters. The number of benzene rings is 4. The predicted octanol–water partition coefficient (Wildman–Crippen LogP) is 4.31. The monoisotopic (exact) mass is 581 g/mol. The standard InChI is InChI=1S/C33H27N9O2/c43-29-24-12-6-10-23-11-7-13-25(28(23)24)30(44)42(29)38-31-35-32(37-33(36-31)41-21-34-26-14-4-5-15-27(26)41)40-18-16-39(17-19-40)20-22-8-2-1-3-9-22/h1-15,21H,16-20H2,(H,35,36,37,38). The van der Waals surface area contributed by atoms with Gasteiger partial charge in [-0.1, -0.05) is 66.7 Å². The minimum absolute atomic E-state index is 0.0859. The first kappa shape index (κ1) is 26.0. The van der Waals surface area contributed by atoms with Crippen LogP contribution in [0, 0.1) is 0 Å². The van der Waals surface area contributed by atoms with Gasteiger partial charge in [0, 0.05) is 38.1 Å². The van der Waals surface area contributed by atoms with Gasteiger partial charge in [-0.05, 0) is 35.2 Å². The predicted molar refractivity (Wildman–Crippen MR) is 166 cm³/mol. The van der Waals surface area contributed by atoms with Crippen LogP contribution in [0.3, 0.4) is 0 Å². The van der Waals surface area contributed by atoms with Gasteiger partial charge >= 0.3 is 0 Å². The zero-order valence-corrected chi connectivity index (χ0v) is 23.7. The van der Waals surface area contributed by atoms with Gasteiger partial charge in [0.05, 0.1) is 22.2 Å². The first-order valence-electron chi connectivity index (χ1n) is 14.5. The van der Waals surface area contributed by atoms with Gasteiger partial charge in [-0.15, -0.1) is 0 Å². The number of nitrogens with one attached hydrogen (secondary N) is 1. The number of imidazole rings is 1. The van der Waals surface area contributed by atoms with Crippen molar-refractivity contribution in [1.82, 2.24) is 34.4 Å². The van der Waals surface area contributed by atoms with Crippen molar-refractivity contribution in [2.24, 2.45) is 0 Å². The van der Waals surface area contributed by atoms with E-state index in [0.29, 0.717) is 41.5 Å². The Morgan fingerprint density at radius 3 is 2.11 bits per heavy atom. The molecule has 4 aromatic carbocycles. The Bertz CT molecular complexity index is 2000. The molecule has 2 aliphatic heterocycles. The molecule has 0 aliphatic carbocycles. The molecule has 2 aliphatic rings. The highest BCUT2D eigenvalue weighted by Gasteiger charge is 2.34. The number of hydrogen-bond donors (Lipinski definition) is 1. The van der Waals surface area contributed by atoms with Gasteiger partial charge in [0.15, 0.2) is 0 Å². The van der Waals surface area contributed by atoms with Gasteiger partial charge in [0.1, 0.15) is 6.33 Å². The number of para-hydroxylation sites is 2. The largest absolute Gasteiger partial charge is 0.338 e. The molecule has 2 amide bonds. The van der Waals surface area contributed by atoms with Gasteiger partial charge in [-0.3, -0.25) is 24.5 Å². The first-order chi connectivity index (χ1) is 21.6. The van der Waals surface area contributed by atoms with Crippen molar-refractivity contribution in [3.05, 3.63) is 114 Å². The molecule has 4 heterocycles. The van der Waals surface area contributed by atoms with Crippen LogP contribution in [0.4, 0.5) is 11.9 Å². The van der Waals surface area contributed by atoms with E-state index >= 15 is 0 Å². The highest BCUT2D eigenvalue weighted by molar-refractivity contribution is 6.25. The van der Waals surface area contributed by atoms with E-state index in [0.717, 1.165) is 41.1 Å². The SMILES string of the molecule is O=C1c2cccc3cccc(c23)C(=O)N1Nc1nc(N2CCN(Cc3ccccc3)CC2)nc(-n2cnc3ccccc32)n1. The van der Waals surface area contributed by atoms with Gasteiger partial charge in [0.2, 0.25) is 17.8 Å². The smallest absolute Gasteiger partial charge is 0.280 e. The maximum Gasteiger partial charge on any atom is 0.280 e. The van der Waals surface area contributed by atoms with Crippen molar-refractivity contribution in [3.63, 3.8) is 0 Å². The summed E-state index contributed by atoms with van der Waals surface area (Å²) in [7, 11) is 0. The Kier molecular flexibility index (Phi) is 6.23. The number of imide groups is 1. The Morgan fingerprint density at radius 2 is 1.36 bits per heavy atom. The maximum absolute atomic E-state index is 13.6. The highest BCUT2D eigenvalue weighted by Crippen LogP contribution is 2.30. The number of nitrogens with zero attached hydrogens (tertiary/aromatic N) is 8. The number of anilines is 2. The van der Waals surface area contributed by atoms with Crippen molar-refractivity contribution in [3.8, 4) is 5.95 Å². The number of fused-ring (bicyclic) bond motifs is 1. The zero-order valence-electron chi connectivity index (χ0n) is 23.7. The molecule has 1 N–H and O–H groups in total. The molecule has 216 valence electrons. The van der Waals surface area contributed by atoms with E-state index in [1.54, 1.807) is 23.0 Å². The Morgan fingerprint density at radius 1 is 0.682 bits per heavy atom. The van der Waals surface area contributed by atoms with Crippen LogP contribution in [0.5, 0.6) is 0 Å². The molecule has 6 aromatic rings. The van der Waals surface area contributed by atoms with Crippen molar-refractivity contribution in [1.29, 1.82) is 0 Å². The summed E-state index contributed by atoms with van der Waals surface area (Å²) in [6.07, 6.45) is 1.67. The molecule has 0 spiro atoms. The van der Waals surface area contributed by atoms with E-state index in [1.165, 1.54) is 5.56 Å². The fourth-order valence-electron chi connectivity index (χ4n) is 5.95. The van der Waals surface area contributed by atoms with Crippen LogP contribution in [-0.4, -0.2) is 72.4 Å². The minimum atomic E-state index is -0.467. The Balaban J connectivity index is 1.13. The van der Waals surface area contributed by atoms with Crippen LogP contribution in [0.2, 0.25) is 0 Å². The third-order valence-corrected chi connectivity index (χ3v) is 8.17. The number of hydrogen-bond acceptors (Lipinski definition) is 9. The third kappa shape index (κ3) is 4.50. The number of piperazine rings is 1. The number of amides is 2. The molecule has 0 bridgehead atoms. The lowest BCUT2D eigenvalue weighted by molar-refractivity contribution is 0.0647. The number of carbonyl (C=O) groups excluding carboxylic acids is 2. The van der Waals surface area contributed by atoms with Gasteiger partial charge in [-0.25, -0.2) is 4.98 Å².